The molecule has 0 bridgehead atoms. The van der Waals surface area contributed by atoms with Crippen LogP contribution in [0.4, 0.5) is 0 Å². The average Bonchev–Trinajstić information content (AvgIpc) is 2.89. The van der Waals surface area contributed by atoms with Crippen molar-refractivity contribution < 1.29 is 13.9 Å². The van der Waals surface area contributed by atoms with E-state index in [9.17, 15) is 5.11 Å². The van der Waals surface area contributed by atoms with Crippen LogP contribution < -0.4 is 0 Å². The molecule has 15 heavy (non-hydrogen) atoms. The Morgan fingerprint density at radius 1 is 1.07 bits per heavy atom. The fourth-order valence-corrected chi connectivity index (χ4v) is 1.68. The molecule has 0 saturated heterocycles. The van der Waals surface area contributed by atoms with Crippen LogP contribution in [-0.2, 0) is 5.60 Å². The van der Waals surface area contributed by atoms with Crippen molar-refractivity contribution in [2.75, 3.05) is 0 Å². The average molecular weight is 206 g/mol. The lowest BCUT2D eigenvalue weighted by Gasteiger charge is -2.27. The highest BCUT2D eigenvalue weighted by molar-refractivity contribution is 5.24. The molecule has 0 aliphatic heterocycles. The van der Waals surface area contributed by atoms with E-state index >= 15 is 0 Å². The lowest BCUT2D eigenvalue weighted by molar-refractivity contribution is -0.00847. The van der Waals surface area contributed by atoms with E-state index in [1.165, 1.54) is 0 Å². The van der Waals surface area contributed by atoms with Crippen molar-refractivity contribution >= 4 is 0 Å². The number of hydrogen-bond acceptors (Lipinski definition) is 3. The summed E-state index contributed by atoms with van der Waals surface area (Å²) in [6, 6.07) is 7.02. The third-order valence-electron chi connectivity index (χ3n) is 2.63. The van der Waals surface area contributed by atoms with Crippen LogP contribution in [0, 0.1) is 5.92 Å². The maximum absolute atomic E-state index is 10.6. The smallest absolute Gasteiger partial charge is 0.182 e. The zero-order valence-corrected chi connectivity index (χ0v) is 8.81. The predicted molar refractivity (Wildman–Crippen MR) is 55.3 cm³/mol. The lowest BCUT2D eigenvalue weighted by Crippen LogP contribution is -2.32. The monoisotopic (exact) mass is 206 g/mol. The fourth-order valence-electron chi connectivity index (χ4n) is 1.68. The minimum Gasteiger partial charge on any atom is -0.466 e. The van der Waals surface area contributed by atoms with Gasteiger partial charge in [-0.2, -0.15) is 0 Å². The molecule has 0 spiro atoms. The second-order valence-electron chi connectivity index (χ2n) is 3.88. The number of hydrogen-bond donors (Lipinski definition) is 1. The molecule has 3 nitrogen and oxygen atoms in total. The molecular formula is C12H14O3. The van der Waals surface area contributed by atoms with E-state index in [0.29, 0.717) is 11.5 Å². The molecule has 0 atom stereocenters. The van der Waals surface area contributed by atoms with Crippen LogP contribution in [0.2, 0.25) is 0 Å². The summed E-state index contributed by atoms with van der Waals surface area (Å²) in [6.45, 7) is 3.84. The van der Waals surface area contributed by atoms with E-state index < -0.39 is 5.60 Å². The second-order valence-corrected chi connectivity index (χ2v) is 3.88. The fraction of sp³-hybridized carbons (Fsp3) is 0.333. The summed E-state index contributed by atoms with van der Waals surface area (Å²) in [6.07, 6.45) is 3.09. The number of furan rings is 2. The van der Waals surface area contributed by atoms with Gasteiger partial charge in [-0.25, -0.2) is 0 Å². The molecule has 2 heterocycles. The summed E-state index contributed by atoms with van der Waals surface area (Å²) in [5.41, 5.74) is -1.19. The first-order valence-corrected chi connectivity index (χ1v) is 4.96. The van der Waals surface area contributed by atoms with Crippen LogP contribution in [0.5, 0.6) is 0 Å². The van der Waals surface area contributed by atoms with Gasteiger partial charge in [0.05, 0.1) is 12.5 Å². The van der Waals surface area contributed by atoms with Gasteiger partial charge in [-0.3, -0.25) is 0 Å². The molecule has 2 aromatic heterocycles. The van der Waals surface area contributed by atoms with Gasteiger partial charge < -0.3 is 13.9 Å². The van der Waals surface area contributed by atoms with Gasteiger partial charge in [-0.1, -0.05) is 13.8 Å². The highest BCUT2D eigenvalue weighted by Crippen LogP contribution is 2.36. The molecule has 1 N–H and O–H groups in total. The number of rotatable bonds is 3. The quantitative estimate of drug-likeness (QED) is 0.839. The molecule has 0 aromatic carbocycles. The Bertz CT molecular complexity index is 364. The molecule has 80 valence electrons. The van der Waals surface area contributed by atoms with E-state index in [0.717, 1.165) is 0 Å². The third kappa shape index (κ3) is 1.49. The summed E-state index contributed by atoms with van der Waals surface area (Å²) >= 11 is 0. The highest BCUT2D eigenvalue weighted by Gasteiger charge is 2.40. The second kappa shape index (κ2) is 3.59. The normalized spacial score (nSPS) is 12.3. The third-order valence-corrected chi connectivity index (χ3v) is 2.63. The molecule has 3 heteroatoms. The van der Waals surface area contributed by atoms with Gasteiger partial charge in [-0.15, -0.1) is 0 Å². The Labute approximate surface area is 88.3 Å². The molecule has 0 saturated carbocycles. The molecule has 0 fully saturated rings. The van der Waals surface area contributed by atoms with E-state index in [2.05, 4.69) is 0 Å². The van der Waals surface area contributed by atoms with E-state index in [-0.39, 0.29) is 5.92 Å². The first-order chi connectivity index (χ1) is 7.15. The van der Waals surface area contributed by atoms with Gasteiger partial charge in [0, 0.05) is 0 Å². The zero-order valence-electron chi connectivity index (χ0n) is 8.81. The Morgan fingerprint density at radius 3 is 1.80 bits per heavy atom. The lowest BCUT2D eigenvalue weighted by atomic mass is 9.85. The molecular weight excluding hydrogens is 192 g/mol. The Hall–Kier alpha value is -1.48. The molecule has 0 unspecified atom stereocenters. The summed E-state index contributed by atoms with van der Waals surface area (Å²) in [5, 5.41) is 10.6. The van der Waals surface area contributed by atoms with Gasteiger partial charge in [0.15, 0.2) is 5.60 Å². The molecule has 0 aliphatic carbocycles. The largest absolute Gasteiger partial charge is 0.466 e. The van der Waals surface area contributed by atoms with Crippen molar-refractivity contribution in [3.05, 3.63) is 48.3 Å². The maximum atomic E-state index is 10.6. The van der Waals surface area contributed by atoms with Gasteiger partial charge in [0.25, 0.3) is 0 Å². The zero-order chi connectivity index (χ0) is 10.9. The van der Waals surface area contributed by atoms with E-state index in [1.54, 1.807) is 36.8 Å². The summed E-state index contributed by atoms with van der Waals surface area (Å²) in [4.78, 5) is 0. The number of aliphatic hydroxyl groups is 1. The summed E-state index contributed by atoms with van der Waals surface area (Å²) in [7, 11) is 0. The van der Waals surface area contributed by atoms with Crippen molar-refractivity contribution in [3.8, 4) is 0 Å². The van der Waals surface area contributed by atoms with E-state index in [1.807, 2.05) is 13.8 Å². The Morgan fingerprint density at radius 2 is 1.53 bits per heavy atom. The molecule has 0 amide bonds. The van der Waals surface area contributed by atoms with Crippen molar-refractivity contribution in [2.45, 2.75) is 19.4 Å². The Kier molecular flexibility index (Phi) is 2.40. The van der Waals surface area contributed by atoms with E-state index in [4.69, 9.17) is 8.83 Å². The molecule has 0 radical (unpaired) electrons. The van der Waals surface area contributed by atoms with Gasteiger partial charge >= 0.3 is 0 Å². The Balaban J connectivity index is 2.51. The minimum absolute atomic E-state index is 0.0326. The first kappa shape index (κ1) is 10.1. The van der Waals surface area contributed by atoms with Crippen LogP contribution in [0.1, 0.15) is 25.4 Å². The van der Waals surface area contributed by atoms with Crippen LogP contribution in [-0.4, -0.2) is 5.11 Å². The minimum atomic E-state index is -1.19. The van der Waals surface area contributed by atoms with Crippen LogP contribution in [0.25, 0.3) is 0 Å². The van der Waals surface area contributed by atoms with Crippen LogP contribution >= 0.6 is 0 Å². The predicted octanol–water partition coefficient (Wildman–Crippen LogP) is 2.76. The van der Waals surface area contributed by atoms with Crippen LogP contribution in [0.15, 0.2) is 45.6 Å². The molecule has 2 rings (SSSR count). The highest BCUT2D eigenvalue weighted by atomic mass is 16.4. The SMILES string of the molecule is CC(C)C(O)(c1ccco1)c1ccco1. The van der Waals surface area contributed by atoms with Crippen molar-refractivity contribution in [1.82, 2.24) is 0 Å². The standard InChI is InChI=1S/C12H14O3/c1-9(2)12(13,10-5-3-7-14-10)11-6-4-8-15-11/h3-9,13H,1-2H3. The molecule has 2 aromatic rings. The van der Waals surface area contributed by atoms with Crippen molar-refractivity contribution in [2.24, 2.45) is 5.92 Å². The van der Waals surface area contributed by atoms with Crippen molar-refractivity contribution in [1.29, 1.82) is 0 Å². The topological polar surface area (TPSA) is 46.5 Å². The van der Waals surface area contributed by atoms with Gasteiger partial charge in [0.1, 0.15) is 11.5 Å². The van der Waals surface area contributed by atoms with Gasteiger partial charge in [-0.05, 0) is 30.2 Å². The van der Waals surface area contributed by atoms with Gasteiger partial charge in [0.2, 0.25) is 0 Å². The first-order valence-electron chi connectivity index (χ1n) is 4.96. The van der Waals surface area contributed by atoms with Crippen LogP contribution in [0.3, 0.4) is 0 Å². The van der Waals surface area contributed by atoms with Crippen molar-refractivity contribution in [3.63, 3.8) is 0 Å². The maximum Gasteiger partial charge on any atom is 0.182 e. The summed E-state index contributed by atoms with van der Waals surface area (Å²) in [5.74, 6) is 0.981. The summed E-state index contributed by atoms with van der Waals surface area (Å²) < 4.78 is 10.5. The molecule has 0 aliphatic rings.